The summed E-state index contributed by atoms with van der Waals surface area (Å²) in [7, 11) is -3.69. The Kier molecular flexibility index (Phi) is 6.28. The van der Waals surface area contributed by atoms with Crippen LogP contribution in [0.4, 0.5) is 0 Å². The molecule has 0 fully saturated rings. The largest absolute Gasteiger partial charge is 0.508 e. The van der Waals surface area contributed by atoms with Gasteiger partial charge in [0.15, 0.2) is 0 Å². The van der Waals surface area contributed by atoms with E-state index in [0.717, 1.165) is 16.9 Å². The van der Waals surface area contributed by atoms with Crippen LogP contribution < -0.4 is 4.74 Å². The number of phenolic OH excluding ortho intramolecular Hbond substituents is 1. The molecule has 1 N–H and O–H groups in total. The SMILES string of the molecule is CCc1cc(S(=O)(=O)c2ccc(O)cc2)c(CC)cc1OCc1ccc(C)cc1. The van der Waals surface area contributed by atoms with Gasteiger partial charge in [0.05, 0.1) is 9.79 Å². The molecule has 0 aliphatic heterocycles. The molecule has 0 aliphatic rings. The minimum Gasteiger partial charge on any atom is -0.508 e. The number of ether oxygens (including phenoxy) is 1. The topological polar surface area (TPSA) is 63.6 Å². The highest BCUT2D eigenvalue weighted by molar-refractivity contribution is 7.91. The molecule has 152 valence electrons. The zero-order valence-electron chi connectivity index (χ0n) is 17.0. The van der Waals surface area contributed by atoms with Crippen LogP contribution in [0, 0.1) is 6.92 Å². The molecule has 0 saturated heterocycles. The Morgan fingerprint density at radius 2 is 1.48 bits per heavy atom. The van der Waals surface area contributed by atoms with Crippen molar-refractivity contribution in [2.24, 2.45) is 0 Å². The third-order valence-corrected chi connectivity index (χ3v) is 6.81. The van der Waals surface area contributed by atoms with Crippen molar-refractivity contribution in [1.29, 1.82) is 0 Å². The molecule has 3 aromatic rings. The van der Waals surface area contributed by atoms with Gasteiger partial charge in [0, 0.05) is 0 Å². The molecule has 3 aromatic carbocycles. The predicted octanol–water partition coefficient (Wildman–Crippen LogP) is 5.24. The van der Waals surface area contributed by atoms with Gasteiger partial charge in [-0.15, -0.1) is 0 Å². The Morgan fingerprint density at radius 1 is 0.862 bits per heavy atom. The number of rotatable bonds is 7. The lowest BCUT2D eigenvalue weighted by atomic mass is 10.1. The van der Waals surface area contributed by atoms with Gasteiger partial charge >= 0.3 is 0 Å². The van der Waals surface area contributed by atoms with Crippen LogP contribution in [0.1, 0.15) is 36.1 Å². The standard InChI is InChI=1S/C24H26O4S/c1-4-19-15-24(29(26,27)22-12-10-21(25)11-13-22)20(5-2)14-23(19)28-16-18-8-6-17(3)7-9-18/h6-15,25H,4-5,16H2,1-3H3. The summed E-state index contributed by atoms with van der Waals surface area (Å²) < 4.78 is 32.4. The van der Waals surface area contributed by atoms with E-state index in [1.165, 1.54) is 29.8 Å². The highest BCUT2D eigenvalue weighted by Crippen LogP contribution is 2.32. The van der Waals surface area contributed by atoms with Gasteiger partial charge in [-0.3, -0.25) is 0 Å². The van der Waals surface area contributed by atoms with E-state index in [0.29, 0.717) is 29.9 Å². The van der Waals surface area contributed by atoms with Crippen LogP contribution in [0.5, 0.6) is 11.5 Å². The zero-order chi connectivity index (χ0) is 21.0. The number of aromatic hydroxyl groups is 1. The molecule has 0 aliphatic carbocycles. The molecule has 0 amide bonds. The Morgan fingerprint density at radius 3 is 2.07 bits per heavy atom. The first kappa shape index (κ1) is 20.9. The second kappa shape index (κ2) is 8.70. The number of benzene rings is 3. The van der Waals surface area contributed by atoms with E-state index in [4.69, 9.17) is 4.74 Å². The molecule has 0 atom stereocenters. The van der Waals surface area contributed by atoms with E-state index in [1.54, 1.807) is 6.07 Å². The molecule has 5 heteroatoms. The van der Waals surface area contributed by atoms with Crippen LogP contribution >= 0.6 is 0 Å². The average Bonchev–Trinajstić information content (AvgIpc) is 2.73. The molecule has 0 spiro atoms. The summed E-state index contributed by atoms with van der Waals surface area (Å²) in [6, 6.07) is 17.4. The fourth-order valence-electron chi connectivity index (χ4n) is 3.18. The van der Waals surface area contributed by atoms with Crippen molar-refractivity contribution in [3.63, 3.8) is 0 Å². The van der Waals surface area contributed by atoms with Crippen LogP contribution in [0.25, 0.3) is 0 Å². The number of aryl methyl sites for hydroxylation is 3. The van der Waals surface area contributed by atoms with Crippen LogP contribution in [-0.4, -0.2) is 13.5 Å². The highest BCUT2D eigenvalue weighted by Gasteiger charge is 2.23. The van der Waals surface area contributed by atoms with E-state index < -0.39 is 9.84 Å². The van der Waals surface area contributed by atoms with Crippen LogP contribution in [0.15, 0.2) is 70.5 Å². The fraction of sp³-hybridized carbons (Fsp3) is 0.250. The fourth-order valence-corrected chi connectivity index (χ4v) is 4.77. The Balaban J connectivity index is 1.97. The maximum atomic E-state index is 13.2. The summed E-state index contributed by atoms with van der Waals surface area (Å²) in [6.07, 6.45) is 1.23. The first-order chi connectivity index (χ1) is 13.8. The number of phenols is 1. The van der Waals surface area contributed by atoms with Gasteiger partial charge in [-0.05, 0) is 72.9 Å². The van der Waals surface area contributed by atoms with Crippen molar-refractivity contribution in [2.45, 2.75) is 50.0 Å². The van der Waals surface area contributed by atoms with Crippen molar-refractivity contribution >= 4 is 9.84 Å². The average molecular weight is 411 g/mol. The minimum absolute atomic E-state index is 0.0359. The molecule has 0 aromatic heterocycles. The number of hydrogen-bond acceptors (Lipinski definition) is 4. The number of hydrogen-bond donors (Lipinski definition) is 1. The van der Waals surface area contributed by atoms with Gasteiger partial charge in [0.2, 0.25) is 9.84 Å². The maximum absolute atomic E-state index is 13.2. The second-order valence-corrected chi connectivity index (χ2v) is 8.96. The van der Waals surface area contributed by atoms with Crippen LogP contribution in [0.2, 0.25) is 0 Å². The third-order valence-electron chi connectivity index (χ3n) is 4.96. The lowest BCUT2D eigenvalue weighted by molar-refractivity contribution is 0.302. The third kappa shape index (κ3) is 4.62. The molecular formula is C24H26O4S. The highest BCUT2D eigenvalue weighted by atomic mass is 32.2. The minimum atomic E-state index is -3.69. The molecule has 0 heterocycles. The summed E-state index contributed by atoms with van der Waals surface area (Å²) in [4.78, 5) is 0.464. The first-order valence-electron chi connectivity index (χ1n) is 9.73. The Labute approximate surface area is 172 Å². The lowest BCUT2D eigenvalue weighted by Crippen LogP contribution is -2.08. The van der Waals surface area contributed by atoms with Gasteiger partial charge in [-0.25, -0.2) is 8.42 Å². The summed E-state index contributed by atoms with van der Waals surface area (Å²) in [6.45, 7) is 6.39. The van der Waals surface area contributed by atoms with Gasteiger partial charge in [-0.2, -0.15) is 0 Å². The van der Waals surface area contributed by atoms with Crippen molar-refractivity contribution in [2.75, 3.05) is 0 Å². The van der Waals surface area contributed by atoms with E-state index >= 15 is 0 Å². The molecule has 0 saturated carbocycles. The second-order valence-electron chi connectivity index (χ2n) is 7.05. The van der Waals surface area contributed by atoms with Crippen molar-refractivity contribution in [1.82, 2.24) is 0 Å². The number of sulfone groups is 1. The molecule has 4 nitrogen and oxygen atoms in total. The van der Waals surface area contributed by atoms with Crippen molar-refractivity contribution < 1.29 is 18.3 Å². The Bertz CT molecular complexity index is 1080. The zero-order valence-corrected chi connectivity index (χ0v) is 17.8. The summed E-state index contributed by atoms with van der Waals surface area (Å²) >= 11 is 0. The van der Waals surface area contributed by atoms with Crippen LogP contribution in [0.3, 0.4) is 0 Å². The van der Waals surface area contributed by atoms with E-state index in [9.17, 15) is 13.5 Å². The summed E-state index contributed by atoms with van der Waals surface area (Å²) in [5.41, 5.74) is 3.83. The molecule has 0 unspecified atom stereocenters. The van der Waals surface area contributed by atoms with E-state index in [-0.39, 0.29) is 10.6 Å². The van der Waals surface area contributed by atoms with E-state index in [1.807, 2.05) is 51.1 Å². The Hall–Kier alpha value is -2.79. The molecular weight excluding hydrogens is 384 g/mol. The lowest BCUT2D eigenvalue weighted by Gasteiger charge is -2.16. The molecule has 0 bridgehead atoms. The predicted molar refractivity (Wildman–Crippen MR) is 114 cm³/mol. The molecule has 29 heavy (non-hydrogen) atoms. The molecule has 3 rings (SSSR count). The van der Waals surface area contributed by atoms with Gasteiger partial charge in [-0.1, -0.05) is 43.7 Å². The van der Waals surface area contributed by atoms with E-state index in [2.05, 4.69) is 0 Å². The summed E-state index contributed by atoms with van der Waals surface area (Å²) in [5.74, 6) is 0.753. The van der Waals surface area contributed by atoms with Gasteiger partial charge < -0.3 is 9.84 Å². The summed E-state index contributed by atoms with van der Waals surface area (Å²) in [5, 5.41) is 9.47. The maximum Gasteiger partial charge on any atom is 0.206 e. The van der Waals surface area contributed by atoms with Crippen molar-refractivity contribution in [3.05, 3.63) is 82.9 Å². The quantitative estimate of drug-likeness (QED) is 0.579. The van der Waals surface area contributed by atoms with Gasteiger partial charge in [0.25, 0.3) is 0 Å². The monoisotopic (exact) mass is 410 g/mol. The van der Waals surface area contributed by atoms with Gasteiger partial charge in [0.1, 0.15) is 18.1 Å². The normalized spacial score (nSPS) is 11.4. The molecule has 0 radical (unpaired) electrons. The first-order valence-corrected chi connectivity index (χ1v) is 11.2. The van der Waals surface area contributed by atoms with Crippen LogP contribution in [-0.2, 0) is 29.3 Å². The van der Waals surface area contributed by atoms with Crippen molar-refractivity contribution in [3.8, 4) is 11.5 Å². The smallest absolute Gasteiger partial charge is 0.206 e.